The highest BCUT2D eigenvalue weighted by atomic mass is 32.2. The van der Waals surface area contributed by atoms with Gasteiger partial charge in [-0.05, 0) is 38.8 Å². The number of piperidine rings is 1. The molecule has 0 saturated carbocycles. The summed E-state index contributed by atoms with van der Waals surface area (Å²) in [6.07, 6.45) is 3.04. The molecule has 0 aromatic heterocycles. The molecule has 16 heavy (non-hydrogen) atoms. The molecule has 0 aliphatic carbocycles. The van der Waals surface area contributed by atoms with Crippen LogP contribution in [0, 0.1) is 5.92 Å². The third-order valence-electron chi connectivity index (χ3n) is 3.72. The zero-order valence-corrected chi connectivity index (χ0v) is 11.3. The summed E-state index contributed by atoms with van der Waals surface area (Å²) in [6.45, 7) is 6.23. The Balaban J connectivity index is 2.38. The molecule has 1 aliphatic rings. The topological polar surface area (TPSA) is 63.4 Å². The van der Waals surface area contributed by atoms with Crippen molar-refractivity contribution in [3.8, 4) is 0 Å². The lowest BCUT2D eigenvalue weighted by Crippen LogP contribution is -2.51. The van der Waals surface area contributed by atoms with Crippen LogP contribution in [0.15, 0.2) is 0 Å². The van der Waals surface area contributed by atoms with Gasteiger partial charge >= 0.3 is 0 Å². The Morgan fingerprint density at radius 2 is 2.00 bits per heavy atom. The predicted molar refractivity (Wildman–Crippen MR) is 67.1 cm³/mol. The summed E-state index contributed by atoms with van der Waals surface area (Å²) in [5.41, 5.74) is 6.01. The van der Waals surface area contributed by atoms with E-state index in [0.717, 1.165) is 25.9 Å². The van der Waals surface area contributed by atoms with Crippen molar-refractivity contribution >= 4 is 9.84 Å². The van der Waals surface area contributed by atoms with E-state index >= 15 is 0 Å². The fourth-order valence-electron chi connectivity index (χ4n) is 2.32. The maximum atomic E-state index is 11.0. The van der Waals surface area contributed by atoms with Gasteiger partial charge < -0.3 is 10.6 Å². The van der Waals surface area contributed by atoms with Crippen molar-refractivity contribution in [2.24, 2.45) is 11.7 Å². The summed E-state index contributed by atoms with van der Waals surface area (Å²) in [4.78, 5) is 2.36. The molecule has 0 spiro atoms. The molecule has 0 radical (unpaired) electrons. The molecule has 2 N–H and O–H groups in total. The second kappa shape index (κ2) is 5.47. The van der Waals surface area contributed by atoms with Crippen molar-refractivity contribution in [3.05, 3.63) is 0 Å². The molecule has 1 saturated heterocycles. The molecule has 3 atom stereocenters. The summed E-state index contributed by atoms with van der Waals surface area (Å²) in [5, 5.41) is 0. The Morgan fingerprint density at radius 1 is 1.38 bits per heavy atom. The maximum absolute atomic E-state index is 11.0. The first-order valence-electron chi connectivity index (χ1n) is 5.98. The quantitative estimate of drug-likeness (QED) is 0.786. The highest BCUT2D eigenvalue weighted by molar-refractivity contribution is 7.90. The maximum Gasteiger partial charge on any atom is 0.147 e. The molecule has 0 amide bonds. The molecule has 1 heterocycles. The summed E-state index contributed by atoms with van der Waals surface area (Å²) in [5.74, 6) is 0.781. The minimum absolute atomic E-state index is 0.288. The second-order valence-corrected chi connectivity index (χ2v) is 7.33. The van der Waals surface area contributed by atoms with Crippen LogP contribution >= 0.6 is 0 Å². The number of hydrogen-bond acceptors (Lipinski definition) is 4. The molecule has 1 rings (SSSR count). The number of nitrogens with two attached hydrogens (primary N) is 1. The lowest BCUT2D eigenvalue weighted by atomic mass is 9.87. The molecule has 3 unspecified atom stereocenters. The normalized spacial score (nSPS) is 32.9. The predicted octanol–water partition coefficient (Wildman–Crippen LogP) is 0.479. The minimum Gasteiger partial charge on any atom is -0.327 e. The largest absolute Gasteiger partial charge is 0.327 e. The molecule has 1 fully saturated rings. The van der Waals surface area contributed by atoms with E-state index in [1.165, 1.54) is 6.26 Å². The van der Waals surface area contributed by atoms with Crippen LogP contribution in [-0.4, -0.2) is 50.5 Å². The first-order chi connectivity index (χ1) is 7.31. The van der Waals surface area contributed by atoms with Crippen molar-refractivity contribution in [1.29, 1.82) is 0 Å². The lowest BCUT2D eigenvalue weighted by molar-refractivity contribution is 0.0984. The van der Waals surface area contributed by atoms with Gasteiger partial charge in [0.05, 0.1) is 5.75 Å². The molecular weight excluding hydrogens is 224 g/mol. The Labute approximate surface area is 99.1 Å². The molecule has 96 valence electrons. The first-order valence-corrected chi connectivity index (χ1v) is 8.04. The average Bonchev–Trinajstić information content (AvgIpc) is 2.16. The summed E-state index contributed by atoms with van der Waals surface area (Å²) < 4.78 is 22.1. The summed E-state index contributed by atoms with van der Waals surface area (Å²) in [7, 11) is -2.82. The second-order valence-electron chi connectivity index (χ2n) is 5.07. The monoisotopic (exact) mass is 248 g/mol. The van der Waals surface area contributed by atoms with E-state index in [0.29, 0.717) is 18.0 Å². The molecule has 0 aromatic carbocycles. The minimum atomic E-state index is -2.82. The van der Waals surface area contributed by atoms with Crippen LogP contribution in [0.1, 0.15) is 26.7 Å². The molecule has 0 aromatic rings. The van der Waals surface area contributed by atoms with Crippen LogP contribution < -0.4 is 5.73 Å². The van der Waals surface area contributed by atoms with Gasteiger partial charge in [-0.2, -0.15) is 0 Å². The number of likely N-dealkylation sites (tertiary alicyclic amines) is 1. The Kier molecular flexibility index (Phi) is 4.76. The van der Waals surface area contributed by atoms with E-state index in [4.69, 9.17) is 5.73 Å². The van der Waals surface area contributed by atoms with Gasteiger partial charge in [0, 0.05) is 18.3 Å². The Hall–Kier alpha value is -0.130. The number of sulfone groups is 1. The van der Waals surface area contributed by atoms with E-state index in [1.807, 2.05) is 0 Å². The zero-order valence-electron chi connectivity index (χ0n) is 10.5. The van der Waals surface area contributed by atoms with Gasteiger partial charge in [0.15, 0.2) is 0 Å². The molecule has 4 nitrogen and oxygen atoms in total. The molecule has 1 aliphatic heterocycles. The van der Waals surface area contributed by atoms with Gasteiger partial charge in [-0.1, -0.05) is 6.92 Å². The fraction of sp³-hybridized carbons (Fsp3) is 1.00. The fourth-order valence-corrected chi connectivity index (χ4v) is 2.97. The van der Waals surface area contributed by atoms with Crippen LogP contribution in [0.2, 0.25) is 0 Å². The Morgan fingerprint density at radius 3 is 2.56 bits per heavy atom. The Bertz CT molecular complexity index is 316. The van der Waals surface area contributed by atoms with E-state index in [1.54, 1.807) is 0 Å². The van der Waals surface area contributed by atoms with Crippen LogP contribution in [0.25, 0.3) is 0 Å². The third-order valence-corrected chi connectivity index (χ3v) is 4.75. The summed E-state index contributed by atoms with van der Waals surface area (Å²) in [6, 6.07) is 0.754. The van der Waals surface area contributed by atoms with E-state index < -0.39 is 9.84 Å². The van der Waals surface area contributed by atoms with Crippen molar-refractivity contribution < 1.29 is 8.42 Å². The van der Waals surface area contributed by atoms with Gasteiger partial charge in [0.1, 0.15) is 9.84 Å². The van der Waals surface area contributed by atoms with E-state index in [9.17, 15) is 8.42 Å². The third kappa shape index (κ3) is 4.03. The van der Waals surface area contributed by atoms with Gasteiger partial charge in [0.2, 0.25) is 0 Å². The highest BCUT2D eigenvalue weighted by Crippen LogP contribution is 2.22. The molecule has 5 heteroatoms. The van der Waals surface area contributed by atoms with Crippen LogP contribution in [0.4, 0.5) is 0 Å². The van der Waals surface area contributed by atoms with Gasteiger partial charge in [-0.3, -0.25) is 0 Å². The van der Waals surface area contributed by atoms with E-state index in [-0.39, 0.29) is 5.75 Å². The first kappa shape index (κ1) is 13.9. The SMILES string of the molecule is CC1C(N)CCN(CCCS(C)(=O)=O)C1C. The number of nitrogens with zero attached hydrogens (tertiary/aromatic N) is 1. The number of rotatable bonds is 4. The highest BCUT2D eigenvalue weighted by Gasteiger charge is 2.29. The van der Waals surface area contributed by atoms with Crippen molar-refractivity contribution in [3.63, 3.8) is 0 Å². The van der Waals surface area contributed by atoms with Gasteiger partial charge in [0.25, 0.3) is 0 Å². The van der Waals surface area contributed by atoms with E-state index in [2.05, 4.69) is 18.7 Å². The van der Waals surface area contributed by atoms with Crippen molar-refractivity contribution in [2.45, 2.75) is 38.8 Å². The van der Waals surface area contributed by atoms with Crippen molar-refractivity contribution in [2.75, 3.05) is 25.1 Å². The smallest absolute Gasteiger partial charge is 0.147 e. The summed E-state index contributed by atoms with van der Waals surface area (Å²) >= 11 is 0. The zero-order chi connectivity index (χ0) is 12.3. The van der Waals surface area contributed by atoms with Crippen LogP contribution in [0.3, 0.4) is 0 Å². The van der Waals surface area contributed by atoms with Crippen molar-refractivity contribution in [1.82, 2.24) is 4.90 Å². The number of hydrogen-bond donors (Lipinski definition) is 1. The van der Waals surface area contributed by atoms with Crippen LogP contribution in [-0.2, 0) is 9.84 Å². The molecule has 0 bridgehead atoms. The average molecular weight is 248 g/mol. The molecular formula is C11H24N2O2S. The van der Waals surface area contributed by atoms with Gasteiger partial charge in [-0.15, -0.1) is 0 Å². The lowest BCUT2D eigenvalue weighted by Gasteiger charge is -2.41. The van der Waals surface area contributed by atoms with Gasteiger partial charge in [-0.25, -0.2) is 8.42 Å². The van der Waals surface area contributed by atoms with Crippen LogP contribution in [0.5, 0.6) is 0 Å². The standard InChI is InChI=1S/C11H24N2O2S/c1-9-10(2)13(7-5-11(9)12)6-4-8-16(3,14)15/h9-11H,4-8,12H2,1-3H3.